The molecule has 0 atom stereocenters. The molecule has 11 aromatic carbocycles. The molecule has 0 saturated heterocycles. The van der Waals surface area contributed by atoms with Gasteiger partial charge >= 0.3 is 0 Å². The summed E-state index contributed by atoms with van der Waals surface area (Å²) in [7, 11) is 0. The summed E-state index contributed by atoms with van der Waals surface area (Å²) in [5.41, 5.74) is 18.3. The third-order valence-corrected chi connectivity index (χ3v) is 13.7. The zero-order valence-electron chi connectivity index (χ0n) is 38.3. The van der Waals surface area contributed by atoms with Gasteiger partial charge < -0.3 is 18.9 Å². The van der Waals surface area contributed by atoms with Crippen LogP contribution in [0, 0.1) is 0 Å². The van der Waals surface area contributed by atoms with Crippen molar-refractivity contribution in [2.45, 2.75) is 0 Å². The van der Waals surface area contributed by atoms with Crippen LogP contribution in [0.15, 0.2) is 279 Å². The molecule has 13 aromatic rings. The maximum absolute atomic E-state index is 2.38. The Morgan fingerprint density at radius 1 is 0.200 bits per heavy atom. The van der Waals surface area contributed by atoms with Crippen molar-refractivity contribution in [2.24, 2.45) is 0 Å². The first-order valence-corrected chi connectivity index (χ1v) is 23.9. The van der Waals surface area contributed by atoms with E-state index in [-0.39, 0.29) is 0 Å². The standard InChI is InChI=1S/C66H46N4/c1-4-16-51(17-5-1)67(52-18-6-2-7-19-52)54-35-28-47(29-36-54)48-30-37-55(38-31-48)68(57-41-43-58(44-42-57)70-63-25-13-10-22-59(63)60-23-11-14-26-64(60)70)56-39-32-49(33-40-56)50-34-45-66-62(46-50)61-24-12-15-27-65(61)69(66)53-20-8-3-9-21-53/h1-46H. The quantitative estimate of drug-likeness (QED) is 0.136. The second-order valence-corrected chi connectivity index (χ2v) is 17.8. The molecule has 0 fully saturated rings. The van der Waals surface area contributed by atoms with Crippen molar-refractivity contribution in [1.29, 1.82) is 0 Å². The number of nitrogens with zero attached hydrogens (tertiary/aromatic N) is 4. The lowest BCUT2D eigenvalue weighted by molar-refractivity contribution is 1.17. The summed E-state index contributed by atoms with van der Waals surface area (Å²) < 4.78 is 4.74. The molecule has 2 aromatic heterocycles. The van der Waals surface area contributed by atoms with Crippen LogP contribution in [0.1, 0.15) is 0 Å². The molecular formula is C66H46N4. The fraction of sp³-hybridized carbons (Fsp3) is 0. The topological polar surface area (TPSA) is 16.3 Å². The lowest BCUT2D eigenvalue weighted by Crippen LogP contribution is -2.10. The second kappa shape index (κ2) is 17.4. The van der Waals surface area contributed by atoms with E-state index in [0.29, 0.717) is 0 Å². The van der Waals surface area contributed by atoms with Crippen molar-refractivity contribution in [3.63, 3.8) is 0 Å². The van der Waals surface area contributed by atoms with Crippen molar-refractivity contribution in [3.8, 4) is 33.6 Å². The molecule has 0 unspecified atom stereocenters. The molecule has 0 spiro atoms. The average Bonchev–Trinajstić information content (AvgIpc) is 3.95. The Hall–Kier alpha value is -9.38. The van der Waals surface area contributed by atoms with Crippen LogP contribution in [0.5, 0.6) is 0 Å². The van der Waals surface area contributed by atoms with Gasteiger partial charge in [0.2, 0.25) is 0 Å². The van der Waals surface area contributed by atoms with E-state index < -0.39 is 0 Å². The summed E-state index contributed by atoms with van der Waals surface area (Å²) in [6.07, 6.45) is 0. The number of aromatic nitrogens is 2. The molecule has 0 aliphatic carbocycles. The summed E-state index contributed by atoms with van der Waals surface area (Å²) >= 11 is 0. The first-order valence-electron chi connectivity index (χ1n) is 23.9. The van der Waals surface area contributed by atoms with E-state index in [1.807, 2.05) is 0 Å². The van der Waals surface area contributed by atoms with Gasteiger partial charge in [0, 0.05) is 67.0 Å². The van der Waals surface area contributed by atoms with Gasteiger partial charge in [-0.3, -0.25) is 0 Å². The van der Waals surface area contributed by atoms with Crippen LogP contribution >= 0.6 is 0 Å². The zero-order valence-corrected chi connectivity index (χ0v) is 38.3. The number of rotatable bonds is 10. The van der Waals surface area contributed by atoms with E-state index in [1.54, 1.807) is 0 Å². The maximum atomic E-state index is 2.38. The molecule has 4 nitrogen and oxygen atoms in total. The minimum absolute atomic E-state index is 1.08. The second-order valence-electron chi connectivity index (χ2n) is 17.8. The number of hydrogen-bond donors (Lipinski definition) is 0. The van der Waals surface area contributed by atoms with Gasteiger partial charge in [-0.05, 0) is 150 Å². The molecule has 13 rings (SSSR count). The minimum Gasteiger partial charge on any atom is -0.311 e. The Bertz CT molecular complexity index is 3860. The predicted molar refractivity (Wildman–Crippen MR) is 295 cm³/mol. The molecule has 0 aliphatic heterocycles. The van der Waals surface area contributed by atoms with Crippen molar-refractivity contribution in [2.75, 3.05) is 9.80 Å². The lowest BCUT2D eigenvalue weighted by Gasteiger charge is -2.26. The van der Waals surface area contributed by atoms with Crippen molar-refractivity contribution in [3.05, 3.63) is 279 Å². The van der Waals surface area contributed by atoms with Crippen LogP contribution < -0.4 is 9.80 Å². The Morgan fingerprint density at radius 2 is 0.486 bits per heavy atom. The number of fused-ring (bicyclic) bond motifs is 6. The molecule has 0 radical (unpaired) electrons. The Labute approximate surface area is 407 Å². The molecule has 0 aliphatic rings. The molecule has 330 valence electrons. The van der Waals surface area contributed by atoms with E-state index >= 15 is 0 Å². The highest BCUT2D eigenvalue weighted by Gasteiger charge is 2.18. The van der Waals surface area contributed by atoms with E-state index in [2.05, 4.69) is 298 Å². The van der Waals surface area contributed by atoms with E-state index in [9.17, 15) is 0 Å². The Morgan fingerprint density at radius 3 is 0.914 bits per heavy atom. The largest absolute Gasteiger partial charge is 0.311 e. The van der Waals surface area contributed by atoms with Gasteiger partial charge in [0.1, 0.15) is 0 Å². The molecule has 2 heterocycles. The molecule has 70 heavy (non-hydrogen) atoms. The van der Waals surface area contributed by atoms with Crippen LogP contribution in [0.4, 0.5) is 34.1 Å². The SMILES string of the molecule is c1ccc(N(c2ccccc2)c2ccc(-c3ccc(N(c4ccc(-c5ccc6c(c5)c5ccccc5n6-c5ccccc5)cc4)c4ccc(-n5c6ccccc6c6ccccc65)cc4)cc3)cc2)cc1. The average molecular weight is 895 g/mol. The summed E-state index contributed by atoms with van der Waals surface area (Å²) in [6.45, 7) is 0. The van der Waals surface area contributed by atoms with Gasteiger partial charge in [-0.1, -0.05) is 152 Å². The van der Waals surface area contributed by atoms with E-state index in [0.717, 1.165) is 56.6 Å². The third kappa shape index (κ3) is 7.18. The molecule has 4 heteroatoms. The fourth-order valence-corrected chi connectivity index (χ4v) is 10.4. The first-order chi connectivity index (χ1) is 34.7. The van der Waals surface area contributed by atoms with Crippen LogP contribution in [-0.4, -0.2) is 9.13 Å². The molecular weight excluding hydrogens is 849 g/mol. The number of hydrogen-bond acceptors (Lipinski definition) is 2. The zero-order chi connectivity index (χ0) is 46.4. The molecule has 0 bridgehead atoms. The van der Waals surface area contributed by atoms with Crippen LogP contribution in [0.3, 0.4) is 0 Å². The summed E-state index contributed by atoms with van der Waals surface area (Å²) in [6, 6.07) is 101. The molecule has 0 saturated carbocycles. The van der Waals surface area contributed by atoms with E-state index in [1.165, 1.54) is 54.7 Å². The van der Waals surface area contributed by atoms with Gasteiger partial charge in [0.05, 0.1) is 22.1 Å². The smallest absolute Gasteiger partial charge is 0.0541 e. The lowest BCUT2D eigenvalue weighted by atomic mass is 10.0. The van der Waals surface area contributed by atoms with Gasteiger partial charge in [0.25, 0.3) is 0 Å². The first kappa shape index (κ1) is 40.9. The van der Waals surface area contributed by atoms with Crippen LogP contribution in [0.25, 0.3) is 77.2 Å². The minimum atomic E-state index is 1.08. The molecule has 0 N–H and O–H groups in total. The number of para-hydroxylation sites is 6. The van der Waals surface area contributed by atoms with Crippen molar-refractivity contribution >= 4 is 77.7 Å². The fourth-order valence-electron chi connectivity index (χ4n) is 10.4. The summed E-state index contributed by atoms with van der Waals surface area (Å²) in [5, 5.41) is 5.00. The monoisotopic (exact) mass is 894 g/mol. The maximum Gasteiger partial charge on any atom is 0.0541 e. The van der Waals surface area contributed by atoms with Gasteiger partial charge in [-0.25, -0.2) is 0 Å². The number of anilines is 6. The van der Waals surface area contributed by atoms with Gasteiger partial charge in [0.15, 0.2) is 0 Å². The Balaban J connectivity index is 0.867. The third-order valence-electron chi connectivity index (χ3n) is 13.7. The highest BCUT2D eigenvalue weighted by atomic mass is 15.1. The van der Waals surface area contributed by atoms with Gasteiger partial charge in [-0.15, -0.1) is 0 Å². The van der Waals surface area contributed by atoms with Crippen molar-refractivity contribution < 1.29 is 0 Å². The Kier molecular flexibility index (Phi) is 10.1. The van der Waals surface area contributed by atoms with E-state index in [4.69, 9.17) is 0 Å². The van der Waals surface area contributed by atoms with Crippen LogP contribution in [0.2, 0.25) is 0 Å². The van der Waals surface area contributed by atoms with Gasteiger partial charge in [-0.2, -0.15) is 0 Å². The summed E-state index contributed by atoms with van der Waals surface area (Å²) in [5.74, 6) is 0. The number of benzene rings is 11. The highest BCUT2D eigenvalue weighted by molar-refractivity contribution is 6.11. The normalized spacial score (nSPS) is 11.4. The van der Waals surface area contributed by atoms with Crippen molar-refractivity contribution in [1.82, 2.24) is 9.13 Å². The predicted octanol–water partition coefficient (Wildman–Crippen LogP) is 18.2. The van der Waals surface area contributed by atoms with Crippen LogP contribution in [-0.2, 0) is 0 Å². The molecule has 0 amide bonds. The highest BCUT2D eigenvalue weighted by Crippen LogP contribution is 2.41. The summed E-state index contributed by atoms with van der Waals surface area (Å²) in [4.78, 5) is 4.66.